The smallest absolute Gasteiger partial charge is 0.177 e. The first kappa shape index (κ1) is 10.9. The number of nitrogens with zero attached hydrogens (tertiary/aromatic N) is 2. The second kappa shape index (κ2) is 4.49. The first-order valence-electron chi connectivity index (χ1n) is 5.69. The summed E-state index contributed by atoms with van der Waals surface area (Å²) in [7, 11) is 2.21. The maximum absolute atomic E-state index is 5.26. The van der Waals surface area contributed by atoms with Gasteiger partial charge in [0.2, 0.25) is 0 Å². The van der Waals surface area contributed by atoms with E-state index in [0.29, 0.717) is 0 Å². The van der Waals surface area contributed by atoms with E-state index in [0.717, 1.165) is 30.3 Å². The molecule has 1 aromatic heterocycles. The normalized spacial score (nSPS) is 16.2. The SMILES string of the molecule is CCc1c[nH]c(=S)n1CCN(C)C1CC1. The molecule has 1 aliphatic carbocycles. The molecule has 3 nitrogen and oxygen atoms in total. The third kappa shape index (κ3) is 2.49. The van der Waals surface area contributed by atoms with Crippen LogP contribution in [0.5, 0.6) is 0 Å². The fourth-order valence-electron chi connectivity index (χ4n) is 1.93. The van der Waals surface area contributed by atoms with Gasteiger partial charge >= 0.3 is 0 Å². The summed E-state index contributed by atoms with van der Waals surface area (Å²) in [4.78, 5) is 5.55. The molecule has 0 radical (unpaired) electrons. The summed E-state index contributed by atoms with van der Waals surface area (Å²) in [5.41, 5.74) is 1.31. The van der Waals surface area contributed by atoms with Gasteiger partial charge in [0.15, 0.2) is 4.77 Å². The van der Waals surface area contributed by atoms with Crippen molar-refractivity contribution in [3.05, 3.63) is 16.7 Å². The number of hydrogen-bond donors (Lipinski definition) is 1. The van der Waals surface area contributed by atoms with Gasteiger partial charge in [0.25, 0.3) is 0 Å². The fourth-order valence-corrected chi connectivity index (χ4v) is 2.19. The van der Waals surface area contributed by atoms with E-state index in [1.54, 1.807) is 0 Å². The van der Waals surface area contributed by atoms with Gasteiger partial charge in [0.1, 0.15) is 0 Å². The molecule has 84 valence electrons. The van der Waals surface area contributed by atoms with Crippen LogP contribution in [0.1, 0.15) is 25.5 Å². The molecule has 1 heterocycles. The van der Waals surface area contributed by atoms with Gasteiger partial charge in [-0.05, 0) is 38.5 Å². The van der Waals surface area contributed by atoms with Crippen LogP contribution in [0.2, 0.25) is 0 Å². The Bertz CT molecular complexity index is 375. The second-order valence-corrected chi connectivity index (χ2v) is 4.69. The van der Waals surface area contributed by atoms with Crippen molar-refractivity contribution < 1.29 is 0 Å². The highest BCUT2D eigenvalue weighted by Crippen LogP contribution is 2.25. The topological polar surface area (TPSA) is 24.0 Å². The number of aryl methyl sites for hydroxylation is 1. The van der Waals surface area contributed by atoms with Crippen LogP contribution in [0.3, 0.4) is 0 Å². The van der Waals surface area contributed by atoms with Gasteiger partial charge in [-0.1, -0.05) is 6.92 Å². The molecule has 15 heavy (non-hydrogen) atoms. The molecule has 0 saturated heterocycles. The van der Waals surface area contributed by atoms with Crippen molar-refractivity contribution in [1.29, 1.82) is 0 Å². The van der Waals surface area contributed by atoms with Crippen LogP contribution < -0.4 is 0 Å². The molecule has 1 aromatic rings. The molecule has 0 atom stereocenters. The minimum atomic E-state index is 0.836. The predicted molar refractivity (Wildman–Crippen MR) is 64.6 cm³/mol. The highest BCUT2D eigenvalue weighted by atomic mass is 32.1. The summed E-state index contributed by atoms with van der Waals surface area (Å²) in [6.45, 7) is 4.28. The predicted octanol–water partition coefficient (Wildman–Crippen LogP) is 2.20. The van der Waals surface area contributed by atoms with E-state index in [2.05, 4.69) is 28.4 Å². The average Bonchev–Trinajstić information content (AvgIpc) is 3.01. The molecule has 0 bridgehead atoms. The zero-order valence-electron chi connectivity index (χ0n) is 9.49. The van der Waals surface area contributed by atoms with E-state index in [9.17, 15) is 0 Å². The summed E-state index contributed by atoms with van der Waals surface area (Å²) in [5, 5.41) is 0. The van der Waals surface area contributed by atoms with E-state index < -0.39 is 0 Å². The highest BCUT2D eigenvalue weighted by Gasteiger charge is 2.25. The summed E-state index contributed by atoms with van der Waals surface area (Å²) in [6, 6.07) is 0.836. The molecule has 0 aromatic carbocycles. The molecule has 1 aliphatic rings. The Balaban J connectivity index is 1.96. The minimum absolute atomic E-state index is 0.836. The lowest BCUT2D eigenvalue weighted by Crippen LogP contribution is -2.25. The van der Waals surface area contributed by atoms with Crippen LogP contribution in [-0.2, 0) is 13.0 Å². The zero-order chi connectivity index (χ0) is 10.8. The van der Waals surface area contributed by atoms with Gasteiger partial charge in [0.05, 0.1) is 0 Å². The molecule has 0 amide bonds. The van der Waals surface area contributed by atoms with Crippen LogP contribution in [0.15, 0.2) is 6.20 Å². The summed E-state index contributed by atoms with van der Waals surface area (Å²) in [6.07, 6.45) is 5.81. The summed E-state index contributed by atoms with van der Waals surface area (Å²) < 4.78 is 3.07. The van der Waals surface area contributed by atoms with Crippen LogP contribution in [0.4, 0.5) is 0 Å². The van der Waals surface area contributed by atoms with Crippen LogP contribution >= 0.6 is 12.2 Å². The Morgan fingerprint density at radius 2 is 2.33 bits per heavy atom. The van der Waals surface area contributed by atoms with Gasteiger partial charge in [-0.15, -0.1) is 0 Å². The monoisotopic (exact) mass is 225 g/mol. The Morgan fingerprint density at radius 1 is 1.60 bits per heavy atom. The molecule has 1 saturated carbocycles. The Hall–Kier alpha value is -0.610. The van der Waals surface area contributed by atoms with Gasteiger partial charge in [-0.25, -0.2) is 0 Å². The first-order chi connectivity index (χ1) is 7.22. The number of imidazole rings is 1. The third-order valence-corrected chi connectivity index (χ3v) is 3.50. The van der Waals surface area contributed by atoms with Crippen molar-refractivity contribution in [3.8, 4) is 0 Å². The van der Waals surface area contributed by atoms with Crippen molar-refractivity contribution in [2.24, 2.45) is 0 Å². The van der Waals surface area contributed by atoms with E-state index in [1.807, 2.05) is 6.20 Å². The first-order valence-corrected chi connectivity index (χ1v) is 6.10. The number of nitrogens with one attached hydrogen (secondary N) is 1. The van der Waals surface area contributed by atoms with Gasteiger partial charge < -0.3 is 14.5 Å². The lowest BCUT2D eigenvalue weighted by Gasteiger charge is -2.16. The third-order valence-electron chi connectivity index (χ3n) is 3.16. The van der Waals surface area contributed by atoms with E-state index in [-0.39, 0.29) is 0 Å². The lowest BCUT2D eigenvalue weighted by atomic mass is 10.3. The van der Waals surface area contributed by atoms with Crippen molar-refractivity contribution >= 4 is 12.2 Å². The van der Waals surface area contributed by atoms with E-state index >= 15 is 0 Å². The lowest BCUT2D eigenvalue weighted by molar-refractivity contribution is 0.307. The Labute approximate surface area is 96.1 Å². The fraction of sp³-hybridized carbons (Fsp3) is 0.727. The van der Waals surface area contributed by atoms with Crippen LogP contribution in [-0.4, -0.2) is 34.1 Å². The molecule has 4 heteroatoms. The quantitative estimate of drug-likeness (QED) is 0.777. The Kier molecular flexibility index (Phi) is 3.26. The number of hydrogen-bond acceptors (Lipinski definition) is 2. The molecule has 0 spiro atoms. The van der Waals surface area contributed by atoms with Crippen LogP contribution in [0.25, 0.3) is 0 Å². The average molecular weight is 225 g/mol. The van der Waals surface area contributed by atoms with Crippen molar-refractivity contribution in [2.75, 3.05) is 13.6 Å². The Morgan fingerprint density at radius 3 is 2.93 bits per heavy atom. The molecule has 0 unspecified atom stereocenters. The summed E-state index contributed by atoms with van der Waals surface area (Å²) >= 11 is 5.26. The number of rotatable bonds is 5. The molecule has 2 rings (SSSR count). The number of aromatic amines is 1. The van der Waals surface area contributed by atoms with Crippen molar-refractivity contribution in [1.82, 2.24) is 14.5 Å². The maximum Gasteiger partial charge on any atom is 0.177 e. The van der Waals surface area contributed by atoms with E-state index in [1.165, 1.54) is 18.5 Å². The zero-order valence-corrected chi connectivity index (χ0v) is 10.3. The maximum atomic E-state index is 5.26. The number of aromatic nitrogens is 2. The van der Waals surface area contributed by atoms with Crippen molar-refractivity contribution in [3.63, 3.8) is 0 Å². The van der Waals surface area contributed by atoms with E-state index in [4.69, 9.17) is 12.2 Å². The largest absolute Gasteiger partial charge is 0.337 e. The highest BCUT2D eigenvalue weighted by molar-refractivity contribution is 7.71. The number of likely N-dealkylation sites (N-methyl/N-ethyl adjacent to an activating group) is 1. The second-order valence-electron chi connectivity index (χ2n) is 4.30. The molecule has 1 fully saturated rings. The van der Waals surface area contributed by atoms with Gasteiger partial charge in [-0.2, -0.15) is 0 Å². The standard InChI is InChI=1S/C11H19N3S/c1-3-9-8-12-11(15)14(9)7-6-13(2)10-4-5-10/h8,10H,3-7H2,1-2H3,(H,12,15). The van der Waals surface area contributed by atoms with Gasteiger partial charge in [-0.3, -0.25) is 0 Å². The summed E-state index contributed by atoms with van der Waals surface area (Å²) in [5.74, 6) is 0. The molecular weight excluding hydrogens is 206 g/mol. The molecular formula is C11H19N3S. The minimum Gasteiger partial charge on any atom is -0.337 e. The van der Waals surface area contributed by atoms with Gasteiger partial charge in [0, 0.05) is 31.0 Å². The van der Waals surface area contributed by atoms with Crippen molar-refractivity contribution in [2.45, 2.75) is 38.8 Å². The van der Waals surface area contributed by atoms with Crippen LogP contribution in [0, 0.1) is 4.77 Å². The number of H-pyrrole nitrogens is 1. The molecule has 0 aliphatic heterocycles. The molecule has 1 N–H and O–H groups in total.